The Kier molecular flexibility index (Phi) is 4.61. The number of carbonyl (C=O) groups excluding carboxylic acids is 1. The molecule has 0 saturated heterocycles. The molecule has 2 aliphatic rings. The number of rotatable bonds is 3. The fourth-order valence-corrected chi connectivity index (χ4v) is 4.00. The number of hydrogen-bond acceptors (Lipinski definition) is 2. The van der Waals surface area contributed by atoms with E-state index in [1.54, 1.807) is 0 Å². The summed E-state index contributed by atoms with van der Waals surface area (Å²) in [5.41, 5.74) is -0.0579. The lowest BCUT2D eigenvalue weighted by Gasteiger charge is -2.42. The van der Waals surface area contributed by atoms with Crippen molar-refractivity contribution < 1.29 is 9.53 Å². The largest absolute Gasteiger partial charge is 0.381 e. The van der Waals surface area contributed by atoms with Crippen molar-refractivity contribution in [2.75, 3.05) is 7.11 Å². The molecule has 0 radical (unpaired) electrons. The number of carbonyl (C=O) groups is 1. The molecule has 0 heterocycles. The predicted octanol–water partition coefficient (Wildman–Crippen LogP) is 3.73. The van der Waals surface area contributed by atoms with Crippen molar-refractivity contribution in [3.63, 3.8) is 0 Å². The molecule has 0 aromatic rings. The van der Waals surface area contributed by atoms with Gasteiger partial charge in [0.1, 0.15) is 6.29 Å². The summed E-state index contributed by atoms with van der Waals surface area (Å²) in [6.07, 6.45) is 13.8. The summed E-state index contributed by atoms with van der Waals surface area (Å²) in [5, 5.41) is 0. The zero-order chi connectivity index (χ0) is 12.1. The van der Waals surface area contributed by atoms with Gasteiger partial charge in [-0.15, -0.1) is 0 Å². The molecule has 0 N–H and O–H groups in total. The maximum Gasteiger partial charge on any atom is 0.126 e. The second-order valence-corrected chi connectivity index (χ2v) is 5.93. The van der Waals surface area contributed by atoms with Crippen molar-refractivity contribution in [3.05, 3.63) is 0 Å². The van der Waals surface area contributed by atoms with Gasteiger partial charge >= 0.3 is 0 Å². The summed E-state index contributed by atoms with van der Waals surface area (Å²) < 4.78 is 5.67. The summed E-state index contributed by atoms with van der Waals surface area (Å²) in [7, 11) is 1.82. The Bertz CT molecular complexity index is 241. The van der Waals surface area contributed by atoms with Crippen molar-refractivity contribution >= 4 is 6.29 Å². The van der Waals surface area contributed by atoms with Gasteiger partial charge in [-0.05, 0) is 31.6 Å². The monoisotopic (exact) mass is 238 g/mol. The average molecular weight is 238 g/mol. The van der Waals surface area contributed by atoms with Crippen LogP contribution >= 0.6 is 0 Å². The Morgan fingerprint density at radius 2 is 1.65 bits per heavy atom. The van der Waals surface area contributed by atoms with Crippen LogP contribution < -0.4 is 0 Å². The van der Waals surface area contributed by atoms with Crippen LogP contribution in [0.5, 0.6) is 0 Å². The van der Waals surface area contributed by atoms with E-state index in [1.165, 1.54) is 51.2 Å². The third kappa shape index (κ3) is 2.73. The zero-order valence-corrected chi connectivity index (χ0v) is 11.1. The van der Waals surface area contributed by atoms with Crippen LogP contribution in [0.2, 0.25) is 0 Å². The van der Waals surface area contributed by atoms with E-state index in [1.807, 2.05) is 7.11 Å². The highest BCUT2D eigenvalue weighted by Gasteiger charge is 2.43. The van der Waals surface area contributed by atoms with Crippen molar-refractivity contribution in [2.45, 2.75) is 70.3 Å². The molecule has 0 aromatic heterocycles. The predicted molar refractivity (Wildman–Crippen MR) is 69.0 cm³/mol. The van der Waals surface area contributed by atoms with Gasteiger partial charge in [-0.1, -0.05) is 38.5 Å². The van der Waals surface area contributed by atoms with E-state index < -0.39 is 0 Å². The van der Waals surface area contributed by atoms with E-state index in [9.17, 15) is 4.79 Å². The third-order valence-electron chi connectivity index (χ3n) is 5.01. The Labute approximate surface area is 105 Å². The van der Waals surface area contributed by atoms with Gasteiger partial charge in [-0.25, -0.2) is 0 Å². The van der Waals surface area contributed by atoms with Crippen LogP contribution in [0.3, 0.4) is 0 Å². The Morgan fingerprint density at radius 1 is 1.00 bits per heavy atom. The molecular weight excluding hydrogens is 212 g/mol. The summed E-state index contributed by atoms with van der Waals surface area (Å²) >= 11 is 0. The summed E-state index contributed by atoms with van der Waals surface area (Å²) in [6, 6.07) is 0. The van der Waals surface area contributed by atoms with Gasteiger partial charge in [0.05, 0.1) is 6.10 Å². The third-order valence-corrected chi connectivity index (χ3v) is 5.01. The minimum Gasteiger partial charge on any atom is -0.381 e. The molecule has 2 atom stereocenters. The van der Waals surface area contributed by atoms with Gasteiger partial charge in [0, 0.05) is 12.5 Å². The minimum absolute atomic E-state index is 0.0579. The summed E-state index contributed by atoms with van der Waals surface area (Å²) in [5.74, 6) is 0.483. The fourth-order valence-electron chi connectivity index (χ4n) is 4.00. The maximum atomic E-state index is 11.7. The Hall–Kier alpha value is -0.370. The Balaban J connectivity index is 2.15. The number of ether oxygens (including phenoxy) is 1. The second-order valence-electron chi connectivity index (χ2n) is 5.93. The van der Waals surface area contributed by atoms with E-state index in [-0.39, 0.29) is 5.41 Å². The lowest BCUT2D eigenvalue weighted by molar-refractivity contribution is -0.127. The second kappa shape index (κ2) is 5.99. The molecular formula is C15H26O2. The van der Waals surface area contributed by atoms with Crippen LogP contribution in [-0.4, -0.2) is 19.5 Å². The van der Waals surface area contributed by atoms with Crippen LogP contribution in [0.1, 0.15) is 64.2 Å². The van der Waals surface area contributed by atoms with Gasteiger partial charge in [0.15, 0.2) is 0 Å². The van der Waals surface area contributed by atoms with Crippen LogP contribution in [0.4, 0.5) is 0 Å². The molecule has 2 saturated carbocycles. The molecule has 2 nitrogen and oxygen atoms in total. The molecule has 17 heavy (non-hydrogen) atoms. The van der Waals surface area contributed by atoms with Gasteiger partial charge in [0.2, 0.25) is 0 Å². The SMILES string of the molecule is CO[C@@H]1CCCC[C@@H]1C1(C=O)CCCCCC1. The van der Waals surface area contributed by atoms with Crippen LogP contribution in [0.15, 0.2) is 0 Å². The lowest BCUT2D eigenvalue weighted by atomic mass is 9.64. The first kappa shape index (κ1) is 13.1. The van der Waals surface area contributed by atoms with E-state index in [0.29, 0.717) is 12.0 Å². The first-order chi connectivity index (χ1) is 8.32. The first-order valence-electron chi connectivity index (χ1n) is 7.31. The molecule has 2 fully saturated rings. The van der Waals surface area contributed by atoms with E-state index >= 15 is 0 Å². The van der Waals surface area contributed by atoms with Gasteiger partial charge in [-0.3, -0.25) is 0 Å². The molecule has 0 aromatic carbocycles. The quantitative estimate of drug-likeness (QED) is 0.553. The standard InChI is InChI=1S/C15H26O2/c1-17-14-9-5-4-8-13(14)15(12-16)10-6-2-3-7-11-15/h12-14H,2-11H2,1H3/t13-,14+/m0/s1. The molecule has 98 valence electrons. The summed E-state index contributed by atoms with van der Waals surface area (Å²) in [4.78, 5) is 11.7. The lowest BCUT2D eigenvalue weighted by Crippen LogP contribution is -2.42. The molecule has 0 aliphatic heterocycles. The molecule has 0 spiro atoms. The van der Waals surface area contributed by atoms with Crippen LogP contribution in [0, 0.1) is 11.3 Å². The molecule has 0 bridgehead atoms. The van der Waals surface area contributed by atoms with Crippen LogP contribution in [0.25, 0.3) is 0 Å². The fraction of sp³-hybridized carbons (Fsp3) is 0.933. The van der Waals surface area contributed by atoms with Crippen molar-refractivity contribution in [1.82, 2.24) is 0 Å². The number of methoxy groups -OCH3 is 1. The minimum atomic E-state index is -0.0579. The van der Waals surface area contributed by atoms with Crippen LogP contribution in [-0.2, 0) is 9.53 Å². The van der Waals surface area contributed by atoms with Crippen molar-refractivity contribution in [2.24, 2.45) is 11.3 Å². The van der Waals surface area contributed by atoms with Crippen molar-refractivity contribution in [3.8, 4) is 0 Å². The maximum absolute atomic E-state index is 11.7. The van der Waals surface area contributed by atoms with E-state index in [2.05, 4.69) is 0 Å². The topological polar surface area (TPSA) is 26.3 Å². The van der Waals surface area contributed by atoms with E-state index in [0.717, 1.165) is 19.3 Å². The number of aldehydes is 1. The number of hydrogen-bond donors (Lipinski definition) is 0. The Morgan fingerprint density at radius 3 is 2.24 bits per heavy atom. The average Bonchev–Trinajstić information content (AvgIpc) is 2.65. The molecule has 2 aliphatic carbocycles. The molecule has 0 amide bonds. The van der Waals surface area contributed by atoms with Gasteiger partial charge < -0.3 is 9.53 Å². The highest BCUT2D eigenvalue weighted by atomic mass is 16.5. The van der Waals surface area contributed by atoms with Gasteiger partial charge in [0.25, 0.3) is 0 Å². The highest BCUT2D eigenvalue weighted by molar-refractivity contribution is 5.60. The van der Waals surface area contributed by atoms with Gasteiger partial charge in [-0.2, -0.15) is 0 Å². The van der Waals surface area contributed by atoms with E-state index in [4.69, 9.17) is 4.74 Å². The molecule has 0 unspecified atom stereocenters. The highest BCUT2D eigenvalue weighted by Crippen LogP contribution is 2.46. The first-order valence-corrected chi connectivity index (χ1v) is 7.31. The normalized spacial score (nSPS) is 33.9. The smallest absolute Gasteiger partial charge is 0.126 e. The zero-order valence-electron chi connectivity index (χ0n) is 11.1. The van der Waals surface area contributed by atoms with Crippen molar-refractivity contribution in [1.29, 1.82) is 0 Å². The summed E-state index contributed by atoms with van der Waals surface area (Å²) in [6.45, 7) is 0. The molecule has 2 rings (SSSR count). The molecule has 2 heteroatoms.